The van der Waals surface area contributed by atoms with Crippen LogP contribution in [-0.4, -0.2) is 34.2 Å². The first kappa shape index (κ1) is 15.7. The van der Waals surface area contributed by atoms with Crippen LogP contribution in [0, 0.1) is 5.92 Å². The highest BCUT2D eigenvalue weighted by Crippen LogP contribution is 2.32. The van der Waals surface area contributed by atoms with E-state index in [0.29, 0.717) is 19.0 Å². The topological polar surface area (TPSA) is 76.1 Å². The maximum absolute atomic E-state index is 11.9. The number of hydrogen-bond donors (Lipinski definition) is 2. The van der Waals surface area contributed by atoms with E-state index in [9.17, 15) is 4.79 Å². The standard InChI is InChI=1S/C15H24N4O2/c1-15(2,3)21-14(20)19-13(11-4-5-11)9-17-8-12-6-7-16-10-18-12/h6-7,10-11,13,17H,4-5,8-9H2,1-3H3,(H,19,20). The summed E-state index contributed by atoms with van der Waals surface area (Å²) in [6.45, 7) is 6.99. The summed E-state index contributed by atoms with van der Waals surface area (Å²) in [5.41, 5.74) is 0.476. The summed E-state index contributed by atoms with van der Waals surface area (Å²) in [7, 11) is 0. The van der Waals surface area contributed by atoms with Crippen molar-refractivity contribution in [1.29, 1.82) is 0 Å². The van der Waals surface area contributed by atoms with E-state index in [-0.39, 0.29) is 12.1 Å². The first-order valence-corrected chi connectivity index (χ1v) is 7.39. The number of ether oxygens (including phenoxy) is 1. The van der Waals surface area contributed by atoms with Crippen molar-refractivity contribution in [2.45, 2.75) is 51.8 Å². The Morgan fingerprint density at radius 1 is 1.48 bits per heavy atom. The summed E-state index contributed by atoms with van der Waals surface area (Å²) in [5, 5.41) is 6.30. The number of aromatic nitrogens is 2. The van der Waals surface area contributed by atoms with Gasteiger partial charge in [0, 0.05) is 25.3 Å². The first-order valence-electron chi connectivity index (χ1n) is 7.39. The SMILES string of the molecule is CC(C)(C)OC(=O)NC(CNCc1ccncn1)C1CC1. The van der Waals surface area contributed by atoms with E-state index in [1.165, 1.54) is 6.33 Å². The summed E-state index contributed by atoms with van der Waals surface area (Å²) in [6, 6.07) is 1.99. The van der Waals surface area contributed by atoms with Gasteiger partial charge in [0.2, 0.25) is 0 Å². The van der Waals surface area contributed by atoms with Gasteiger partial charge in [0.15, 0.2) is 0 Å². The molecule has 1 aliphatic rings. The van der Waals surface area contributed by atoms with E-state index in [1.54, 1.807) is 6.20 Å². The van der Waals surface area contributed by atoms with Gasteiger partial charge in [-0.2, -0.15) is 0 Å². The molecule has 0 aliphatic heterocycles. The quantitative estimate of drug-likeness (QED) is 0.837. The number of carbonyl (C=O) groups is 1. The molecule has 116 valence electrons. The lowest BCUT2D eigenvalue weighted by molar-refractivity contribution is 0.0497. The van der Waals surface area contributed by atoms with E-state index < -0.39 is 5.60 Å². The lowest BCUT2D eigenvalue weighted by Crippen LogP contribution is -2.45. The summed E-state index contributed by atoms with van der Waals surface area (Å²) >= 11 is 0. The molecule has 1 aromatic heterocycles. The Bertz CT molecular complexity index is 454. The summed E-state index contributed by atoms with van der Waals surface area (Å²) in [4.78, 5) is 19.9. The maximum atomic E-state index is 11.9. The molecule has 1 atom stereocenters. The van der Waals surface area contributed by atoms with Crippen LogP contribution >= 0.6 is 0 Å². The van der Waals surface area contributed by atoms with Crippen LogP contribution in [0.15, 0.2) is 18.6 Å². The van der Waals surface area contributed by atoms with Crippen LogP contribution in [0.5, 0.6) is 0 Å². The second kappa shape index (κ2) is 6.85. The number of alkyl carbamates (subject to hydrolysis) is 1. The Labute approximate surface area is 125 Å². The molecule has 6 nitrogen and oxygen atoms in total. The zero-order valence-electron chi connectivity index (χ0n) is 12.9. The van der Waals surface area contributed by atoms with Gasteiger partial charge in [-0.3, -0.25) is 0 Å². The fraction of sp³-hybridized carbons (Fsp3) is 0.667. The monoisotopic (exact) mass is 292 g/mol. The fourth-order valence-electron chi connectivity index (χ4n) is 2.07. The lowest BCUT2D eigenvalue weighted by atomic mass is 10.2. The highest BCUT2D eigenvalue weighted by Gasteiger charge is 2.33. The van der Waals surface area contributed by atoms with Gasteiger partial charge in [0.05, 0.1) is 5.69 Å². The summed E-state index contributed by atoms with van der Waals surface area (Å²) in [5.74, 6) is 0.551. The molecule has 6 heteroatoms. The molecule has 1 fully saturated rings. The normalized spacial score (nSPS) is 16.3. The van der Waals surface area contributed by atoms with Crippen molar-refractivity contribution in [2.75, 3.05) is 6.54 Å². The Hall–Kier alpha value is -1.69. The average molecular weight is 292 g/mol. The summed E-state index contributed by atoms with van der Waals surface area (Å²) in [6.07, 6.45) is 5.24. The average Bonchev–Trinajstić information content (AvgIpc) is 3.21. The smallest absolute Gasteiger partial charge is 0.407 e. The fourth-order valence-corrected chi connectivity index (χ4v) is 2.07. The van der Waals surface area contributed by atoms with E-state index in [4.69, 9.17) is 4.74 Å². The minimum Gasteiger partial charge on any atom is -0.444 e. The molecule has 1 aliphatic carbocycles. The van der Waals surface area contributed by atoms with Crippen molar-refractivity contribution in [3.05, 3.63) is 24.3 Å². The van der Waals surface area contributed by atoms with Gasteiger partial charge in [0.1, 0.15) is 11.9 Å². The minimum absolute atomic E-state index is 0.113. The third-order valence-corrected chi connectivity index (χ3v) is 3.21. The second-order valence-electron chi connectivity index (χ2n) is 6.42. The van der Waals surface area contributed by atoms with E-state index in [1.807, 2.05) is 26.8 Å². The van der Waals surface area contributed by atoms with Crippen molar-refractivity contribution in [2.24, 2.45) is 5.92 Å². The Morgan fingerprint density at radius 3 is 2.81 bits per heavy atom. The molecule has 2 N–H and O–H groups in total. The van der Waals surface area contributed by atoms with E-state index in [2.05, 4.69) is 20.6 Å². The number of nitrogens with zero attached hydrogens (tertiary/aromatic N) is 2. The summed E-state index contributed by atoms with van der Waals surface area (Å²) < 4.78 is 5.31. The minimum atomic E-state index is -0.466. The van der Waals surface area contributed by atoms with Gasteiger partial charge in [-0.05, 0) is 45.6 Å². The van der Waals surface area contributed by atoms with Crippen LogP contribution in [0.25, 0.3) is 0 Å². The van der Waals surface area contributed by atoms with Crippen molar-refractivity contribution in [1.82, 2.24) is 20.6 Å². The molecular weight excluding hydrogens is 268 g/mol. The number of amides is 1. The predicted molar refractivity (Wildman–Crippen MR) is 79.6 cm³/mol. The van der Waals surface area contributed by atoms with Gasteiger partial charge in [-0.1, -0.05) is 0 Å². The van der Waals surface area contributed by atoms with E-state index >= 15 is 0 Å². The van der Waals surface area contributed by atoms with Gasteiger partial charge in [0.25, 0.3) is 0 Å². The van der Waals surface area contributed by atoms with Gasteiger partial charge in [-0.15, -0.1) is 0 Å². The van der Waals surface area contributed by atoms with E-state index in [0.717, 1.165) is 18.5 Å². The number of rotatable bonds is 6. The molecule has 0 aromatic carbocycles. The Morgan fingerprint density at radius 2 is 2.24 bits per heavy atom. The van der Waals surface area contributed by atoms with Crippen LogP contribution in [0.1, 0.15) is 39.3 Å². The number of hydrogen-bond acceptors (Lipinski definition) is 5. The second-order valence-corrected chi connectivity index (χ2v) is 6.42. The zero-order chi connectivity index (χ0) is 15.3. The molecule has 1 unspecified atom stereocenters. The molecule has 0 spiro atoms. The third-order valence-electron chi connectivity index (χ3n) is 3.21. The highest BCUT2D eigenvalue weighted by atomic mass is 16.6. The van der Waals surface area contributed by atoms with Crippen molar-refractivity contribution in [3.63, 3.8) is 0 Å². The first-order chi connectivity index (χ1) is 9.94. The molecule has 1 heterocycles. The lowest BCUT2D eigenvalue weighted by Gasteiger charge is -2.23. The van der Waals surface area contributed by atoms with Crippen LogP contribution in [0.3, 0.4) is 0 Å². The molecule has 0 radical (unpaired) electrons. The van der Waals surface area contributed by atoms with Gasteiger partial charge >= 0.3 is 6.09 Å². The Kier molecular flexibility index (Phi) is 5.12. The molecule has 1 amide bonds. The highest BCUT2D eigenvalue weighted by molar-refractivity contribution is 5.68. The Balaban J connectivity index is 1.76. The van der Waals surface area contributed by atoms with Crippen molar-refractivity contribution in [3.8, 4) is 0 Å². The number of nitrogens with one attached hydrogen (secondary N) is 2. The zero-order valence-corrected chi connectivity index (χ0v) is 12.9. The molecule has 21 heavy (non-hydrogen) atoms. The number of carbonyl (C=O) groups excluding carboxylic acids is 1. The van der Waals surface area contributed by atoms with Gasteiger partial charge in [-0.25, -0.2) is 14.8 Å². The van der Waals surface area contributed by atoms with Crippen LogP contribution in [0.2, 0.25) is 0 Å². The molecule has 0 saturated heterocycles. The molecule has 1 saturated carbocycles. The van der Waals surface area contributed by atoms with Crippen molar-refractivity contribution >= 4 is 6.09 Å². The molecule has 2 rings (SSSR count). The van der Waals surface area contributed by atoms with Gasteiger partial charge < -0.3 is 15.4 Å². The molecule has 0 bridgehead atoms. The van der Waals surface area contributed by atoms with Crippen LogP contribution in [-0.2, 0) is 11.3 Å². The third kappa shape index (κ3) is 6.08. The van der Waals surface area contributed by atoms with Crippen LogP contribution in [0.4, 0.5) is 4.79 Å². The van der Waals surface area contributed by atoms with Crippen LogP contribution < -0.4 is 10.6 Å². The predicted octanol–water partition coefficient (Wildman–Crippen LogP) is 1.87. The molecule has 1 aromatic rings. The van der Waals surface area contributed by atoms with Crippen molar-refractivity contribution < 1.29 is 9.53 Å². The largest absolute Gasteiger partial charge is 0.444 e. The maximum Gasteiger partial charge on any atom is 0.407 e. The molecular formula is C15H24N4O2.